The van der Waals surface area contributed by atoms with Gasteiger partial charge in [-0.15, -0.1) is 0 Å². The second-order valence-electron chi connectivity index (χ2n) is 5.55. The third-order valence-corrected chi connectivity index (χ3v) is 6.43. The largest absolute Gasteiger partial charge is 0.545 e. The average molecular weight is 410 g/mol. The van der Waals surface area contributed by atoms with Crippen LogP contribution in [0.25, 0.3) is 0 Å². The predicted molar refractivity (Wildman–Crippen MR) is 100 cm³/mol. The summed E-state index contributed by atoms with van der Waals surface area (Å²) >= 11 is 6.05. The molecule has 0 aliphatic heterocycles. The zero-order chi connectivity index (χ0) is 20.2. The van der Waals surface area contributed by atoms with Crippen molar-refractivity contribution in [1.82, 2.24) is 4.31 Å². The number of benzene rings is 2. The molecular weight excluding hydrogens is 392 g/mol. The van der Waals surface area contributed by atoms with Crippen molar-refractivity contribution in [2.45, 2.75) is 18.7 Å². The first kappa shape index (κ1) is 20.9. The van der Waals surface area contributed by atoms with Crippen LogP contribution in [0.15, 0.2) is 47.4 Å². The Morgan fingerprint density at radius 3 is 2.11 bits per heavy atom. The number of carbonyl (C=O) groups is 2. The van der Waals surface area contributed by atoms with E-state index in [0.29, 0.717) is 5.69 Å². The zero-order valence-electron chi connectivity index (χ0n) is 14.7. The summed E-state index contributed by atoms with van der Waals surface area (Å²) in [6.45, 7) is 3.97. The fourth-order valence-corrected chi connectivity index (χ4v) is 4.40. The van der Waals surface area contributed by atoms with Crippen LogP contribution in [0.5, 0.6) is 0 Å². The molecule has 2 aromatic rings. The lowest BCUT2D eigenvalue weighted by atomic mass is 10.2. The fourth-order valence-electron chi connectivity index (χ4n) is 2.44. The highest BCUT2D eigenvalue weighted by molar-refractivity contribution is 7.89. The number of carbonyl (C=O) groups excluding carboxylic acids is 2. The first-order chi connectivity index (χ1) is 12.7. The maximum Gasteiger partial charge on any atom is 0.255 e. The summed E-state index contributed by atoms with van der Waals surface area (Å²) in [6, 6.07) is 9.40. The average Bonchev–Trinajstić information content (AvgIpc) is 2.63. The maximum absolute atomic E-state index is 12.7. The van der Waals surface area contributed by atoms with Crippen LogP contribution >= 0.6 is 11.6 Å². The molecule has 0 atom stereocenters. The quantitative estimate of drug-likeness (QED) is 0.752. The Morgan fingerprint density at radius 2 is 1.59 bits per heavy atom. The van der Waals surface area contributed by atoms with E-state index in [2.05, 4.69) is 5.32 Å². The Balaban J connectivity index is 2.31. The third kappa shape index (κ3) is 4.65. The van der Waals surface area contributed by atoms with Gasteiger partial charge in [-0.1, -0.05) is 37.6 Å². The molecule has 9 heteroatoms. The molecule has 0 aliphatic carbocycles. The molecule has 1 N–H and O–H groups in total. The van der Waals surface area contributed by atoms with Crippen LogP contribution in [0, 0.1) is 0 Å². The summed E-state index contributed by atoms with van der Waals surface area (Å²) in [6.07, 6.45) is 0. The predicted octanol–water partition coefficient (Wildman–Crippen LogP) is 1.99. The van der Waals surface area contributed by atoms with Gasteiger partial charge in [-0.2, -0.15) is 4.31 Å². The molecule has 2 aromatic carbocycles. The van der Waals surface area contributed by atoms with Gasteiger partial charge in [0.2, 0.25) is 10.0 Å². The van der Waals surface area contributed by atoms with Crippen molar-refractivity contribution in [2.75, 3.05) is 18.4 Å². The fraction of sp³-hybridized carbons (Fsp3) is 0.222. The maximum atomic E-state index is 12.7. The number of hydrogen-bond donors (Lipinski definition) is 1. The summed E-state index contributed by atoms with van der Waals surface area (Å²) in [5, 5.41) is 13.4. The molecular formula is C18H18ClN2O5S-. The van der Waals surface area contributed by atoms with Crippen LogP contribution < -0.4 is 10.4 Å². The van der Waals surface area contributed by atoms with E-state index in [4.69, 9.17) is 11.6 Å². The SMILES string of the molecule is CCN(CC)S(=O)(=O)c1cc(C(=O)Nc2ccc(C(=O)[O-])cc2)ccc1Cl. The summed E-state index contributed by atoms with van der Waals surface area (Å²) in [7, 11) is -3.83. The molecule has 0 heterocycles. The number of amides is 1. The highest BCUT2D eigenvalue weighted by atomic mass is 35.5. The van der Waals surface area contributed by atoms with Crippen molar-refractivity contribution < 1.29 is 23.1 Å². The van der Waals surface area contributed by atoms with E-state index in [1.807, 2.05) is 0 Å². The first-order valence-electron chi connectivity index (χ1n) is 8.13. The number of rotatable bonds is 7. The highest BCUT2D eigenvalue weighted by Gasteiger charge is 2.25. The van der Waals surface area contributed by atoms with E-state index in [0.717, 1.165) is 0 Å². The summed E-state index contributed by atoms with van der Waals surface area (Å²) in [4.78, 5) is 23.0. The number of anilines is 1. The number of carboxylic acid groups (broad SMARTS) is 1. The molecule has 2 rings (SSSR count). The van der Waals surface area contributed by atoms with E-state index in [-0.39, 0.29) is 34.1 Å². The Bertz CT molecular complexity index is 954. The minimum Gasteiger partial charge on any atom is -0.545 e. The lowest BCUT2D eigenvalue weighted by Gasteiger charge is -2.19. The van der Waals surface area contributed by atoms with Crippen molar-refractivity contribution >= 4 is 39.2 Å². The third-order valence-electron chi connectivity index (χ3n) is 3.90. The van der Waals surface area contributed by atoms with Crippen molar-refractivity contribution in [3.63, 3.8) is 0 Å². The van der Waals surface area contributed by atoms with Gasteiger partial charge < -0.3 is 15.2 Å². The molecule has 0 aliphatic rings. The Kier molecular flexibility index (Phi) is 6.59. The monoisotopic (exact) mass is 409 g/mol. The standard InChI is InChI=1S/C18H19ClN2O5S/c1-3-21(4-2)27(25,26)16-11-13(7-10-15(16)19)17(22)20-14-8-5-12(6-9-14)18(23)24/h5-11H,3-4H2,1-2H3,(H,20,22)(H,23,24)/p-1. The molecule has 27 heavy (non-hydrogen) atoms. The van der Waals surface area contributed by atoms with Gasteiger partial charge in [0, 0.05) is 24.3 Å². The van der Waals surface area contributed by atoms with Gasteiger partial charge in [0.05, 0.1) is 11.0 Å². The number of halogens is 1. The van der Waals surface area contributed by atoms with Crippen LogP contribution in [-0.2, 0) is 10.0 Å². The van der Waals surface area contributed by atoms with Crippen LogP contribution in [-0.4, -0.2) is 37.7 Å². The van der Waals surface area contributed by atoms with Gasteiger partial charge in [0.15, 0.2) is 0 Å². The molecule has 0 aromatic heterocycles. The molecule has 0 saturated heterocycles. The Hall–Kier alpha value is -2.42. The minimum atomic E-state index is -3.83. The van der Waals surface area contributed by atoms with Crippen LogP contribution in [0.1, 0.15) is 34.6 Å². The van der Waals surface area contributed by atoms with E-state index < -0.39 is 21.9 Å². The van der Waals surface area contributed by atoms with Gasteiger partial charge in [0.1, 0.15) is 4.90 Å². The van der Waals surface area contributed by atoms with Gasteiger partial charge in [-0.25, -0.2) is 8.42 Å². The number of carboxylic acids is 1. The van der Waals surface area contributed by atoms with E-state index >= 15 is 0 Å². The Labute approximate surface area is 162 Å². The van der Waals surface area contributed by atoms with Gasteiger partial charge >= 0.3 is 0 Å². The lowest BCUT2D eigenvalue weighted by Crippen LogP contribution is -2.31. The van der Waals surface area contributed by atoms with Crippen molar-refractivity contribution in [3.8, 4) is 0 Å². The van der Waals surface area contributed by atoms with Gasteiger partial charge in [-0.05, 0) is 35.9 Å². The van der Waals surface area contributed by atoms with E-state index in [1.54, 1.807) is 13.8 Å². The summed E-state index contributed by atoms with van der Waals surface area (Å²) in [5.41, 5.74) is 0.439. The number of aromatic carboxylic acids is 1. The van der Waals surface area contributed by atoms with Crippen LogP contribution in [0.2, 0.25) is 5.02 Å². The van der Waals surface area contributed by atoms with Crippen molar-refractivity contribution in [1.29, 1.82) is 0 Å². The molecule has 0 unspecified atom stereocenters. The topological polar surface area (TPSA) is 107 Å². The molecule has 0 spiro atoms. The molecule has 7 nitrogen and oxygen atoms in total. The second-order valence-corrected chi connectivity index (χ2v) is 7.87. The van der Waals surface area contributed by atoms with Gasteiger partial charge in [0.25, 0.3) is 5.91 Å². The molecule has 144 valence electrons. The molecule has 0 fully saturated rings. The van der Waals surface area contributed by atoms with Crippen molar-refractivity contribution in [2.24, 2.45) is 0 Å². The molecule has 1 amide bonds. The number of sulfonamides is 1. The lowest BCUT2D eigenvalue weighted by molar-refractivity contribution is -0.255. The molecule has 0 radical (unpaired) electrons. The minimum absolute atomic E-state index is 0.0212. The van der Waals surface area contributed by atoms with Crippen LogP contribution in [0.4, 0.5) is 5.69 Å². The Morgan fingerprint density at radius 1 is 1.04 bits per heavy atom. The van der Waals surface area contributed by atoms with Crippen LogP contribution in [0.3, 0.4) is 0 Å². The van der Waals surface area contributed by atoms with E-state index in [1.165, 1.54) is 46.8 Å². The smallest absolute Gasteiger partial charge is 0.255 e. The number of nitrogens with one attached hydrogen (secondary N) is 1. The highest BCUT2D eigenvalue weighted by Crippen LogP contribution is 2.26. The van der Waals surface area contributed by atoms with E-state index in [9.17, 15) is 23.1 Å². The summed E-state index contributed by atoms with van der Waals surface area (Å²) in [5.74, 6) is -1.87. The molecule has 0 bridgehead atoms. The second kappa shape index (κ2) is 8.51. The first-order valence-corrected chi connectivity index (χ1v) is 9.95. The molecule has 0 saturated carbocycles. The van der Waals surface area contributed by atoms with Gasteiger partial charge in [-0.3, -0.25) is 4.79 Å². The van der Waals surface area contributed by atoms with Crippen molar-refractivity contribution in [3.05, 3.63) is 58.6 Å². The normalized spacial score (nSPS) is 11.4. The zero-order valence-corrected chi connectivity index (χ0v) is 16.3. The number of hydrogen-bond acceptors (Lipinski definition) is 5. The number of nitrogens with zero attached hydrogens (tertiary/aromatic N) is 1. The summed E-state index contributed by atoms with van der Waals surface area (Å²) < 4.78 is 26.6.